The van der Waals surface area contributed by atoms with E-state index in [-0.39, 0.29) is 6.10 Å². The number of ether oxygens (including phenoxy) is 1. The summed E-state index contributed by atoms with van der Waals surface area (Å²) in [6.45, 7) is 3.49. The van der Waals surface area contributed by atoms with Crippen LogP contribution in [0, 0.1) is 0 Å². The van der Waals surface area contributed by atoms with Crippen molar-refractivity contribution in [2.24, 2.45) is 0 Å². The molecule has 0 spiro atoms. The first-order valence-corrected chi connectivity index (χ1v) is 6.49. The van der Waals surface area contributed by atoms with Gasteiger partial charge in [0.2, 0.25) is 0 Å². The van der Waals surface area contributed by atoms with E-state index in [2.05, 4.69) is 39.1 Å². The number of nitrogens with two attached hydrogens (primary N) is 1. The number of imidazole rings is 1. The van der Waals surface area contributed by atoms with E-state index in [9.17, 15) is 0 Å². The minimum atomic E-state index is 0.0299. The van der Waals surface area contributed by atoms with Gasteiger partial charge in [0.15, 0.2) is 5.95 Å². The minimum absolute atomic E-state index is 0.0299. The number of benzene rings is 1. The lowest BCUT2D eigenvalue weighted by Gasteiger charge is -2.32. The number of rotatable bonds is 3. The van der Waals surface area contributed by atoms with Gasteiger partial charge in [-0.15, -0.1) is 0 Å². The number of hydrogen-bond acceptors (Lipinski definition) is 4. The lowest BCUT2D eigenvalue weighted by Crippen LogP contribution is -2.37. The molecule has 1 aromatic heterocycles. The first kappa shape index (κ1) is 12.2. The van der Waals surface area contributed by atoms with Crippen molar-refractivity contribution in [3.05, 3.63) is 47.8 Å². The summed E-state index contributed by atoms with van der Waals surface area (Å²) in [5.74, 6) is 0.443. The number of anilines is 1. The fourth-order valence-electron chi connectivity index (χ4n) is 2.39. The van der Waals surface area contributed by atoms with E-state index in [1.807, 2.05) is 6.07 Å². The Balaban J connectivity index is 1.65. The van der Waals surface area contributed by atoms with Gasteiger partial charge in [-0.25, -0.2) is 4.98 Å². The maximum Gasteiger partial charge on any atom is 0.197 e. The Labute approximate surface area is 112 Å². The number of nitrogens with one attached hydrogen (secondary N) is 1. The molecule has 1 saturated heterocycles. The molecule has 0 saturated carbocycles. The normalized spacial score (nSPS) is 20.5. The lowest BCUT2D eigenvalue weighted by molar-refractivity contribution is -0.0347. The minimum Gasteiger partial charge on any atom is -0.369 e. The van der Waals surface area contributed by atoms with Gasteiger partial charge < -0.3 is 15.5 Å². The molecule has 1 aromatic carbocycles. The number of aromatic nitrogens is 2. The molecule has 100 valence electrons. The van der Waals surface area contributed by atoms with Crippen LogP contribution in [0.1, 0.15) is 17.4 Å². The van der Waals surface area contributed by atoms with E-state index in [4.69, 9.17) is 10.5 Å². The molecule has 1 atom stereocenters. The van der Waals surface area contributed by atoms with Crippen LogP contribution in [0.5, 0.6) is 0 Å². The number of nitrogen functional groups attached to an aromatic ring is 1. The first-order chi connectivity index (χ1) is 9.31. The number of morpholine rings is 1. The lowest BCUT2D eigenvalue weighted by atomic mass is 10.1. The van der Waals surface area contributed by atoms with Gasteiger partial charge in [0, 0.05) is 19.6 Å². The molecule has 2 heterocycles. The Bertz CT molecular complexity index is 525. The van der Waals surface area contributed by atoms with Gasteiger partial charge in [-0.3, -0.25) is 4.90 Å². The van der Waals surface area contributed by atoms with Crippen molar-refractivity contribution in [3.8, 4) is 0 Å². The smallest absolute Gasteiger partial charge is 0.197 e. The number of hydrogen-bond donors (Lipinski definition) is 2. The molecule has 0 aliphatic carbocycles. The molecule has 3 N–H and O–H groups in total. The summed E-state index contributed by atoms with van der Waals surface area (Å²) in [5, 5.41) is 0. The number of aromatic amines is 1. The summed E-state index contributed by atoms with van der Waals surface area (Å²) in [7, 11) is 0. The van der Waals surface area contributed by atoms with Gasteiger partial charge >= 0.3 is 0 Å². The predicted octanol–water partition coefficient (Wildman–Crippen LogP) is 1.57. The van der Waals surface area contributed by atoms with Crippen LogP contribution in [0.3, 0.4) is 0 Å². The molecule has 5 nitrogen and oxygen atoms in total. The van der Waals surface area contributed by atoms with Crippen molar-refractivity contribution in [3.63, 3.8) is 0 Å². The van der Waals surface area contributed by atoms with Gasteiger partial charge in [-0.1, -0.05) is 30.3 Å². The highest BCUT2D eigenvalue weighted by Gasteiger charge is 2.23. The Morgan fingerprint density at radius 3 is 2.95 bits per heavy atom. The van der Waals surface area contributed by atoms with Crippen molar-refractivity contribution >= 4 is 5.95 Å². The van der Waals surface area contributed by atoms with Crippen LogP contribution in [0.2, 0.25) is 0 Å². The summed E-state index contributed by atoms with van der Waals surface area (Å²) in [6, 6.07) is 10.5. The van der Waals surface area contributed by atoms with E-state index in [1.165, 1.54) is 5.56 Å². The summed E-state index contributed by atoms with van der Waals surface area (Å²) >= 11 is 0. The van der Waals surface area contributed by atoms with Crippen LogP contribution >= 0.6 is 0 Å². The average Bonchev–Trinajstić information content (AvgIpc) is 2.87. The maximum atomic E-state index is 5.78. The van der Waals surface area contributed by atoms with E-state index in [1.54, 1.807) is 6.20 Å². The molecule has 0 amide bonds. The topological polar surface area (TPSA) is 67.2 Å². The third-order valence-corrected chi connectivity index (χ3v) is 3.36. The van der Waals surface area contributed by atoms with Gasteiger partial charge in [0.1, 0.15) is 6.10 Å². The van der Waals surface area contributed by atoms with Gasteiger partial charge in [-0.2, -0.15) is 0 Å². The molecule has 19 heavy (non-hydrogen) atoms. The van der Waals surface area contributed by atoms with Crippen LogP contribution < -0.4 is 5.73 Å². The highest BCUT2D eigenvalue weighted by Crippen LogP contribution is 2.22. The predicted molar refractivity (Wildman–Crippen MR) is 73.4 cm³/mol. The van der Waals surface area contributed by atoms with E-state index >= 15 is 0 Å². The van der Waals surface area contributed by atoms with Gasteiger partial charge in [-0.05, 0) is 5.56 Å². The monoisotopic (exact) mass is 258 g/mol. The van der Waals surface area contributed by atoms with Crippen LogP contribution in [-0.4, -0.2) is 34.6 Å². The van der Waals surface area contributed by atoms with E-state index < -0.39 is 0 Å². The fraction of sp³-hybridized carbons (Fsp3) is 0.357. The van der Waals surface area contributed by atoms with E-state index in [0.29, 0.717) is 5.95 Å². The molecule has 0 radical (unpaired) electrons. The molecular formula is C14H18N4O. The molecule has 5 heteroatoms. The third-order valence-electron chi connectivity index (χ3n) is 3.36. The molecule has 3 rings (SSSR count). The highest BCUT2D eigenvalue weighted by molar-refractivity contribution is 5.20. The van der Waals surface area contributed by atoms with Crippen molar-refractivity contribution < 1.29 is 4.74 Å². The van der Waals surface area contributed by atoms with Crippen LogP contribution in [0.15, 0.2) is 36.5 Å². The highest BCUT2D eigenvalue weighted by atomic mass is 16.5. The molecule has 0 bridgehead atoms. The fourth-order valence-corrected chi connectivity index (χ4v) is 2.39. The van der Waals surface area contributed by atoms with Crippen molar-refractivity contribution in [1.29, 1.82) is 0 Å². The van der Waals surface area contributed by atoms with Gasteiger partial charge in [0.25, 0.3) is 0 Å². The van der Waals surface area contributed by atoms with Crippen molar-refractivity contribution in [1.82, 2.24) is 14.9 Å². The van der Waals surface area contributed by atoms with Crippen LogP contribution in [-0.2, 0) is 11.3 Å². The number of H-pyrrole nitrogens is 1. The second-order valence-electron chi connectivity index (χ2n) is 4.80. The molecular weight excluding hydrogens is 240 g/mol. The summed E-state index contributed by atoms with van der Waals surface area (Å²) in [4.78, 5) is 9.46. The maximum absolute atomic E-state index is 5.78. The zero-order valence-corrected chi connectivity index (χ0v) is 10.7. The largest absolute Gasteiger partial charge is 0.369 e. The Morgan fingerprint density at radius 2 is 2.21 bits per heavy atom. The quantitative estimate of drug-likeness (QED) is 0.877. The average molecular weight is 258 g/mol. The number of nitrogens with zero attached hydrogens (tertiary/aromatic N) is 2. The first-order valence-electron chi connectivity index (χ1n) is 6.49. The van der Waals surface area contributed by atoms with Crippen LogP contribution in [0.4, 0.5) is 5.95 Å². The molecule has 1 fully saturated rings. The Kier molecular flexibility index (Phi) is 3.48. The molecule has 1 aliphatic rings. The summed E-state index contributed by atoms with van der Waals surface area (Å²) in [5.41, 5.74) is 7.89. The molecule has 1 unspecified atom stereocenters. The zero-order valence-electron chi connectivity index (χ0n) is 10.7. The van der Waals surface area contributed by atoms with E-state index in [0.717, 1.165) is 31.9 Å². The van der Waals surface area contributed by atoms with Gasteiger partial charge in [0.05, 0.1) is 18.5 Å². The molecule has 2 aromatic rings. The van der Waals surface area contributed by atoms with Crippen LogP contribution in [0.25, 0.3) is 0 Å². The van der Waals surface area contributed by atoms with Crippen molar-refractivity contribution in [2.45, 2.75) is 12.6 Å². The second-order valence-corrected chi connectivity index (χ2v) is 4.80. The third kappa shape index (κ3) is 2.94. The SMILES string of the molecule is Nc1ncc(C2CN(Cc3ccccc3)CCO2)[nH]1. The molecule has 1 aliphatic heterocycles. The van der Waals surface area contributed by atoms with Crippen molar-refractivity contribution in [2.75, 3.05) is 25.4 Å². The Morgan fingerprint density at radius 1 is 1.37 bits per heavy atom. The zero-order chi connectivity index (χ0) is 13.1. The second kappa shape index (κ2) is 5.42. The summed E-state index contributed by atoms with van der Waals surface area (Å²) in [6.07, 6.45) is 1.79. The summed E-state index contributed by atoms with van der Waals surface area (Å²) < 4.78 is 5.78. The standard InChI is InChI=1S/C14H18N4O/c15-14-16-8-12(17-14)13-10-18(6-7-19-13)9-11-4-2-1-3-5-11/h1-5,8,13H,6-7,9-10H2,(H3,15,16,17). The Hall–Kier alpha value is -1.85.